The molecule has 0 bridgehead atoms. The van der Waals surface area contributed by atoms with Crippen LogP contribution in [0.3, 0.4) is 0 Å². The van der Waals surface area contributed by atoms with E-state index in [1.54, 1.807) is 44.2 Å². The first-order valence-electron chi connectivity index (χ1n) is 8.97. The van der Waals surface area contributed by atoms with E-state index in [0.717, 1.165) is 10.6 Å². The normalized spacial score (nSPS) is 11.9. The van der Waals surface area contributed by atoms with E-state index in [4.69, 9.17) is 4.74 Å². The lowest BCUT2D eigenvalue weighted by molar-refractivity contribution is -0.114. The minimum Gasteiger partial charge on any atom is -0.495 e. The molecule has 11 heteroatoms. The highest BCUT2D eigenvalue weighted by atomic mass is 32.2. The third-order valence-corrected chi connectivity index (χ3v) is 6.67. The second-order valence-electron chi connectivity index (χ2n) is 6.79. The van der Waals surface area contributed by atoms with E-state index in [9.17, 15) is 21.6 Å². The van der Waals surface area contributed by atoms with Gasteiger partial charge in [-0.05, 0) is 44.2 Å². The number of para-hydroxylation sites is 1. The van der Waals surface area contributed by atoms with Crippen LogP contribution in [0.5, 0.6) is 5.75 Å². The number of nitrogens with zero attached hydrogens (tertiary/aromatic N) is 1. The molecule has 2 aromatic rings. The quantitative estimate of drug-likeness (QED) is 0.594. The number of carbonyl (C=O) groups excluding carboxylic acids is 1. The van der Waals surface area contributed by atoms with Gasteiger partial charge < -0.3 is 10.1 Å². The number of hydrogen-bond acceptors (Lipinski definition) is 6. The van der Waals surface area contributed by atoms with E-state index in [0.29, 0.717) is 5.69 Å². The van der Waals surface area contributed by atoms with Gasteiger partial charge in [0.25, 0.3) is 0 Å². The van der Waals surface area contributed by atoms with Crippen LogP contribution >= 0.6 is 0 Å². The van der Waals surface area contributed by atoms with Crippen molar-refractivity contribution in [2.45, 2.75) is 24.8 Å². The highest BCUT2D eigenvalue weighted by Crippen LogP contribution is 2.28. The smallest absolute Gasteiger partial charge is 0.245 e. The lowest BCUT2D eigenvalue weighted by atomic mass is 10.3. The molecule has 0 saturated carbocycles. The molecule has 0 atom stereocenters. The molecule has 2 N–H and O–H groups in total. The van der Waals surface area contributed by atoms with Crippen molar-refractivity contribution >= 4 is 37.3 Å². The van der Waals surface area contributed by atoms with Crippen LogP contribution in [0, 0.1) is 0 Å². The van der Waals surface area contributed by atoms with Crippen molar-refractivity contribution in [3.05, 3.63) is 48.5 Å². The molecule has 0 heterocycles. The van der Waals surface area contributed by atoms with Crippen molar-refractivity contribution in [1.82, 2.24) is 4.72 Å². The van der Waals surface area contributed by atoms with Gasteiger partial charge in [0.05, 0.1) is 29.6 Å². The molecule has 0 saturated heterocycles. The average molecular weight is 456 g/mol. The summed E-state index contributed by atoms with van der Waals surface area (Å²) in [5.74, 6) is -0.425. The van der Waals surface area contributed by atoms with E-state index in [2.05, 4.69) is 10.0 Å². The number of benzene rings is 2. The third-order valence-electron chi connectivity index (χ3n) is 3.88. The number of methoxy groups -OCH3 is 1. The number of carbonyl (C=O) groups is 1. The van der Waals surface area contributed by atoms with Crippen molar-refractivity contribution < 1.29 is 26.4 Å². The van der Waals surface area contributed by atoms with Gasteiger partial charge in [-0.1, -0.05) is 18.2 Å². The zero-order valence-electron chi connectivity index (χ0n) is 17.1. The average Bonchev–Trinajstić information content (AvgIpc) is 2.65. The molecule has 0 radical (unpaired) electrons. The van der Waals surface area contributed by atoms with Crippen LogP contribution in [0.4, 0.5) is 11.4 Å². The molecule has 164 valence electrons. The first-order valence-corrected chi connectivity index (χ1v) is 12.3. The Balaban J connectivity index is 2.32. The van der Waals surface area contributed by atoms with Crippen LogP contribution in [0.15, 0.2) is 53.4 Å². The predicted molar refractivity (Wildman–Crippen MR) is 116 cm³/mol. The molecule has 0 aliphatic rings. The highest BCUT2D eigenvalue weighted by molar-refractivity contribution is 7.92. The van der Waals surface area contributed by atoms with Gasteiger partial charge in [-0.25, -0.2) is 21.6 Å². The number of amides is 1. The fourth-order valence-corrected chi connectivity index (χ4v) is 4.78. The Labute approximate surface area is 177 Å². The van der Waals surface area contributed by atoms with E-state index < -0.39 is 32.5 Å². The van der Waals surface area contributed by atoms with Crippen molar-refractivity contribution in [2.75, 3.05) is 29.5 Å². The Hall–Kier alpha value is -2.63. The molecule has 9 nitrogen and oxygen atoms in total. The Morgan fingerprint density at radius 1 is 1.07 bits per heavy atom. The van der Waals surface area contributed by atoms with Crippen LogP contribution in [-0.4, -0.2) is 48.7 Å². The molecule has 1 amide bonds. The minimum absolute atomic E-state index is 0.0599. The number of sulfonamides is 2. The molecular weight excluding hydrogens is 430 g/mol. The van der Waals surface area contributed by atoms with Gasteiger partial charge in [-0.3, -0.25) is 9.10 Å². The fourth-order valence-electron chi connectivity index (χ4n) is 2.64. The molecule has 2 rings (SSSR count). The standard InChI is InChI=1S/C19H25N3O6S2/c1-14(2)21-30(26,27)16-10-11-18(28-3)17(12-16)20-19(23)13-22(29(4,24)25)15-8-6-5-7-9-15/h5-12,14,21H,13H2,1-4H3,(H,20,23). The second kappa shape index (κ2) is 9.45. The Morgan fingerprint density at radius 3 is 2.23 bits per heavy atom. The molecule has 30 heavy (non-hydrogen) atoms. The molecule has 0 unspecified atom stereocenters. The summed E-state index contributed by atoms with van der Waals surface area (Å²) in [5.41, 5.74) is 0.440. The number of hydrogen-bond donors (Lipinski definition) is 2. The monoisotopic (exact) mass is 455 g/mol. The minimum atomic E-state index is -3.80. The maximum Gasteiger partial charge on any atom is 0.245 e. The van der Waals surface area contributed by atoms with E-state index in [1.165, 1.54) is 25.3 Å². The van der Waals surface area contributed by atoms with Crippen molar-refractivity contribution in [1.29, 1.82) is 0 Å². The SMILES string of the molecule is COc1ccc(S(=O)(=O)NC(C)C)cc1NC(=O)CN(c1ccccc1)S(C)(=O)=O. The molecule has 0 aliphatic heterocycles. The lowest BCUT2D eigenvalue weighted by Gasteiger charge is -2.22. The first-order chi connectivity index (χ1) is 13.9. The highest BCUT2D eigenvalue weighted by Gasteiger charge is 2.22. The maximum absolute atomic E-state index is 12.6. The number of nitrogens with one attached hydrogen (secondary N) is 2. The molecule has 0 fully saturated rings. The Kier molecular flexibility index (Phi) is 7.45. The molecule has 2 aromatic carbocycles. The van der Waals surface area contributed by atoms with Crippen LogP contribution in [0.25, 0.3) is 0 Å². The van der Waals surface area contributed by atoms with Gasteiger partial charge in [0.1, 0.15) is 12.3 Å². The molecule has 0 aliphatic carbocycles. The van der Waals surface area contributed by atoms with E-state index >= 15 is 0 Å². The third kappa shape index (κ3) is 6.18. The van der Waals surface area contributed by atoms with E-state index in [-0.39, 0.29) is 22.4 Å². The maximum atomic E-state index is 12.6. The second-order valence-corrected chi connectivity index (χ2v) is 10.4. The molecule has 0 spiro atoms. The molecular formula is C19H25N3O6S2. The largest absolute Gasteiger partial charge is 0.495 e. The van der Waals surface area contributed by atoms with Gasteiger partial charge in [0, 0.05) is 6.04 Å². The summed E-state index contributed by atoms with van der Waals surface area (Å²) in [5, 5.41) is 2.54. The summed E-state index contributed by atoms with van der Waals surface area (Å²) < 4.78 is 57.8. The van der Waals surface area contributed by atoms with Gasteiger partial charge in [-0.2, -0.15) is 0 Å². The van der Waals surface area contributed by atoms with Gasteiger partial charge >= 0.3 is 0 Å². The number of rotatable bonds is 9. The van der Waals surface area contributed by atoms with Crippen molar-refractivity contribution in [3.63, 3.8) is 0 Å². The van der Waals surface area contributed by atoms with Gasteiger partial charge in [0.15, 0.2) is 0 Å². The Morgan fingerprint density at radius 2 is 1.70 bits per heavy atom. The summed E-state index contributed by atoms with van der Waals surface area (Å²) in [6, 6.07) is 11.9. The summed E-state index contributed by atoms with van der Waals surface area (Å²) in [6.07, 6.45) is 0.999. The lowest BCUT2D eigenvalue weighted by Crippen LogP contribution is -2.37. The molecule has 0 aromatic heterocycles. The number of ether oxygens (including phenoxy) is 1. The van der Waals surface area contributed by atoms with Crippen molar-refractivity contribution in [2.24, 2.45) is 0 Å². The van der Waals surface area contributed by atoms with Crippen LogP contribution in [-0.2, 0) is 24.8 Å². The van der Waals surface area contributed by atoms with Crippen LogP contribution in [0.2, 0.25) is 0 Å². The zero-order valence-corrected chi connectivity index (χ0v) is 18.7. The van der Waals surface area contributed by atoms with Crippen LogP contribution in [0.1, 0.15) is 13.8 Å². The van der Waals surface area contributed by atoms with Crippen molar-refractivity contribution in [3.8, 4) is 5.75 Å². The summed E-state index contributed by atoms with van der Waals surface area (Å²) in [4.78, 5) is 12.6. The summed E-state index contributed by atoms with van der Waals surface area (Å²) >= 11 is 0. The van der Waals surface area contributed by atoms with Gasteiger partial charge in [0.2, 0.25) is 26.0 Å². The summed E-state index contributed by atoms with van der Waals surface area (Å²) in [7, 11) is -6.15. The zero-order chi connectivity index (χ0) is 22.5. The predicted octanol–water partition coefficient (Wildman–Crippen LogP) is 1.79. The van der Waals surface area contributed by atoms with E-state index in [1.807, 2.05) is 0 Å². The first kappa shape index (κ1) is 23.6. The van der Waals surface area contributed by atoms with Gasteiger partial charge in [-0.15, -0.1) is 0 Å². The Bertz CT molecular complexity index is 1100. The van der Waals surface area contributed by atoms with Crippen LogP contribution < -0.4 is 19.1 Å². The summed E-state index contributed by atoms with van der Waals surface area (Å²) in [6.45, 7) is 2.88. The number of anilines is 2. The topological polar surface area (TPSA) is 122 Å². The fraction of sp³-hybridized carbons (Fsp3) is 0.316.